The normalized spacial score (nSPS) is 11.5. The summed E-state index contributed by atoms with van der Waals surface area (Å²) in [5.74, 6) is 1.22. The highest BCUT2D eigenvalue weighted by Crippen LogP contribution is 2.24. The van der Waals surface area contributed by atoms with Gasteiger partial charge in [0, 0.05) is 17.7 Å². The third kappa shape index (κ3) is 3.24. The highest BCUT2D eigenvalue weighted by molar-refractivity contribution is 8.13. The van der Waals surface area contributed by atoms with Gasteiger partial charge in [0.15, 0.2) is 5.82 Å². The van der Waals surface area contributed by atoms with Gasteiger partial charge in [-0.1, -0.05) is 0 Å². The van der Waals surface area contributed by atoms with Crippen molar-refractivity contribution < 1.29 is 13.2 Å². The Hall–Kier alpha value is -1.60. The maximum Gasteiger partial charge on any atom is 0.261 e. The molecule has 0 aliphatic heterocycles. The van der Waals surface area contributed by atoms with E-state index in [-0.39, 0.29) is 11.5 Å². The highest BCUT2D eigenvalue weighted by Gasteiger charge is 2.13. The summed E-state index contributed by atoms with van der Waals surface area (Å²) in [6, 6.07) is 4.59. The number of halogens is 1. The third-order valence-corrected chi connectivity index (χ3v) is 4.06. The van der Waals surface area contributed by atoms with Gasteiger partial charge in [-0.2, -0.15) is 0 Å². The summed E-state index contributed by atoms with van der Waals surface area (Å²) in [7, 11) is 3.39. The fraction of sp³-hybridized carbons (Fsp3) is 0.273. The molecule has 0 spiro atoms. The summed E-state index contributed by atoms with van der Waals surface area (Å²) in [5, 5.41) is 7.62. The fourth-order valence-corrected chi connectivity index (χ4v) is 2.76. The first kappa shape index (κ1) is 13.8. The lowest BCUT2D eigenvalue weighted by molar-refractivity contribution is 0.291. The summed E-state index contributed by atoms with van der Waals surface area (Å²) < 4.78 is 29.8. The second-order valence-electron chi connectivity index (χ2n) is 4.01. The SMILES string of the molecule is Cc1cc(OCc2nncn2C)ccc1S(=O)(=O)Cl. The number of hydrogen-bond donors (Lipinski definition) is 0. The van der Waals surface area contributed by atoms with Crippen molar-refractivity contribution in [3.05, 3.63) is 35.9 Å². The molecule has 19 heavy (non-hydrogen) atoms. The Morgan fingerprint density at radius 3 is 2.68 bits per heavy atom. The van der Waals surface area contributed by atoms with Crippen LogP contribution < -0.4 is 4.74 Å². The summed E-state index contributed by atoms with van der Waals surface area (Å²) in [4.78, 5) is 0.0835. The van der Waals surface area contributed by atoms with Crippen LogP contribution in [-0.2, 0) is 22.7 Å². The minimum Gasteiger partial charge on any atom is -0.486 e. The van der Waals surface area contributed by atoms with Crippen LogP contribution in [0.25, 0.3) is 0 Å². The molecule has 1 heterocycles. The molecule has 0 unspecified atom stereocenters. The van der Waals surface area contributed by atoms with Crippen molar-refractivity contribution in [2.24, 2.45) is 7.05 Å². The molecule has 102 valence electrons. The molecule has 0 bridgehead atoms. The first-order valence-corrected chi connectivity index (χ1v) is 7.70. The minimum absolute atomic E-state index is 0.0835. The van der Waals surface area contributed by atoms with Gasteiger partial charge in [0.05, 0.1) is 4.90 Å². The topological polar surface area (TPSA) is 74.1 Å². The van der Waals surface area contributed by atoms with Crippen molar-refractivity contribution in [1.29, 1.82) is 0 Å². The standard InChI is InChI=1S/C11H12ClN3O3S/c1-8-5-9(3-4-10(8)19(12,16)17)18-6-11-14-13-7-15(11)2/h3-5,7H,6H2,1-2H3. The third-order valence-electron chi connectivity index (χ3n) is 2.58. The van der Waals surface area contributed by atoms with Gasteiger partial charge in [-0.05, 0) is 30.7 Å². The molecule has 0 atom stereocenters. The minimum atomic E-state index is -3.72. The van der Waals surface area contributed by atoms with Crippen molar-refractivity contribution >= 4 is 19.7 Å². The zero-order valence-electron chi connectivity index (χ0n) is 10.4. The van der Waals surface area contributed by atoms with Gasteiger partial charge in [-0.25, -0.2) is 8.42 Å². The zero-order valence-corrected chi connectivity index (χ0v) is 11.9. The molecule has 1 aromatic heterocycles. The van der Waals surface area contributed by atoms with Crippen LogP contribution in [0.3, 0.4) is 0 Å². The molecule has 0 aliphatic rings. The van der Waals surface area contributed by atoms with E-state index in [1.54, 1.807) is 30.0 Å². The molecule has 0 N–H and O–H groups in total. The Bertz CT molecular complexity index is 697. The van der Waals surface area contributed by atoms with E-state index in [9.17, 15) is 8.42 Å². The lowest BCUT2D eigenvalue weighted by atomic mass is 10.2. The first-order chi connectivity index (χ1) is 8.88. The Balaban J connectivity index is 2.15. The molecule has 2 aromatic rings. The average Bonchev–Trinajstić information content (AvgIpc) is 2.70. The van der Waals surface area contributed by atoms with E-state index in [1.807, 2.05) is 7.05 Å². The quantitative estimate of drug-likeness (QED) is 0.802. The van der Waals surface area contributed by atoms with Crippen LogP contribution in [0.1, 0.15) is 11.4 Å². The Morgan fingerprint density at radius 1 is 1.42 bits per heavy atom. The van der Waals surface area contributed by atoms with Gasteiger partial charge in [-0.15, -0.1) is 10.2 Å². The maximum absolute atomic E-state index is 11.3. The number of aryl methyl sites for hydroxylation is 2. The Labute approximate surface area is 115 Å². The predicted octanol–water partition coefficient (Wildman–Crippen LogP) is 1.63. The first-order valence-electron chi connectivity index (χ1n) is 5.39. The van der Waals surface area contributed by atoms with Gasteiger partial charge < -0.3 is 9.30 Å². The number of benzene rings is 1. The van der Waals surface area contributed by atoms with Crippen molar-refractivity contribution in [1.82, 2.24) is 14.8 Å². The Kier molecular flexibility index (Phi) is 3.77. The van der Waals surface area contributed by atoms with Crippen LogP contribution in [0.15, 0.2) is 29.4 Å². The number of nitrogens with zero attached hydrogens (tertiary/aromatic N) is 3. The summed E-state index contributed by atoms with van der Waals surface area (Å²) >= 11 is 0. The molecule has 0 radical (unpaired) electrons. The molecule has 6 nitrogen and oxygen atoms in total. The number of ether oxygens (including phenoxy) is 1. The molecule has 0 amide bonds. The van der Waals surface area contributed by atoms with Gasteiger partial charge in [0.1, 0.15) is 18.7 Å². The smallest absolute Gasteiger partial charge is 0.261 e. The van der Waals surface area contributed by atoms with Gasteiger partial charge in [-0.3, -0.25) is 0 Å². The van der Waals surface area contributed by atoms with Crippen molar-refractivity contribution in [3.63, 3.8) is 0 Å². The second-order valence-corrected chi connectivity index (χ2v) is 6.55. The summed E-state index contributed by atoms with van der Waals surface area (Å²) in [5.41, 5.74) is 0.533. The van der Waals surface area contributed by atoms with Gasteiger partial charge in [0.2, 0.25) is 0 Å². The molecule has 0 fully saturated rings. The van der Waals surface area contributed by atoms with Crippen molar-refractivity contribution in [3.8, 4) is 5.75 Å². The van der Waals surface area contributed by atoms with Crippen LogP contribution in [0.2, 0.25) is 0 Å². The zero-order chi connectivity index (χ0) is 14.0. The van der Waals surface area contributed by atoms with E-state index >= 15 is 0 Å². The summed E-state index contributed by atoms with van der Waals surface area (Å²) in [6.07, 6.45) is 1.58. The molecule has 8 heteroatoms. The monoisotopic (exact) mass is 301 g/mol. The molecule has 2 rings (SSSR count). The van der Waals surface area contributed by atoms with E-state index < -0.39 is 9.05 Å². The number of hydrogen-bond acceptors (Lipinski definition) is 5. The van der Waals surface area contributed by atoms with Crippen LogP contribution >= 0.6 is 10.7 Å². The van der Waals surface area contributed by atoms with Crippen molar-refractivity contribution in [2.75, 3.05) is 0 Å². The lowest BCUT2D eigenvalue weighted by Gasteiger charge is -2.08. The van der Waals surface area contributed by atoms with Crippen molar-refractivity contribution in [2.45, 2.75) is 18.4 Å². The lowest BCUT2D eigenvalue weighted by Crippen LogP contribution is -2.03. The average molecular weight is 302 g/mol. The van der Waals surface area contributed by atoms with Gasteiger partial charge >= 0.3 is 0 Å². The van der Waals surface area contributed by atoms with Crippen LogP contribution in [0, 0.1) is 6.92 Å². The molecule has 0 aliphatic carbocycles. The molecular weight excluding hydrogens is 290 g/mol. The van der Waals surface area contributed by atoms with Crippen LogP contribution in [0.5, 0.6) is 5.75 Å². The van der Waals surface area contributed by atoms with Crippen LogP contribution in [-0.4, -0.2) is 23.2 Å². The molecular formula is C11H12ClN3O3S. The van der Waals surface area contributed by atoms with E-state index in [0.29, 0.717) is 17.1 Å². The molecule has 0 saturated heterocycles. The number of rotatable bonds is 4. The largest absolute Gasteiger partial charge is 0.486 e. The van der Waals surface area contributed by atoms with Gasteiger partial charge in [0.25, 0.3) is 9.05 Å². The van der Waals surface area contributed by atoms with Crippen LogP contribution in [0.4, 0.5) is 0 Å². The second kappa shape index (κ2) is 5.18. The number of aromatic nitrogens is 3. The highest BCUT2D eigenvalue weighted by atomic mass is 35.7. The van der Waals surface area contributed by atoms with E-state index in [0.717, 1.165) is 0 Å². The van der Waals surface area contributed by atoms with E-state index in [4.69, 9.17) is 15.4 Å². The Morgan fingerprint density at radius 2 is 2.16 bits per heavy atom. The van der Waals surface area contributed by atoms with E-state index in [2.05, 4.69) is 10.2 Å². The van der Waals surface area contributed by atoms with E-state index in [1.165, 1.54) is 6.07 Å². The maximum atomic E-state index is 11.3. The summed E-state index contributed by atoms with van der Waals surface area (Å²) in [6.45, 7) is 1.91. The predicted molar refractivity (Wildman–Crippen MR) is 69.6 cm³/mol. The fourth-order valence-electron chi connectivity index (χ4n) is 1.57. The molecule has 1 aromatic carbocycles. The molecule has 0 saturated carbocycles.